The van der Waals surface area contributed by atoms with E-state index in [2.05, 4.69) is 10.6 Å². The first-order valence-corrected chi connectivity index (χ1v) is 8.78. The number of hydrogen-bond donors (Lipinski definition) is 2. The number of hydrogen-bond acceptors (Lipinski definition) is 3. The summed E-state index contributed by atoms with van der Waals surface area (Å²) >= 11 is 0. The summed E-state index contributed by atoms with van der Waals surface area (Å²) < 4.78 is 5.60. The number of carbonyl (C=O) groups is 2. The summed E-state index contributed by atoms with van der Waals surface area (Å²) in [6, 6.07) is 17.2. The van der Waals surface area contributed by atoms with Crippen molar-refractivity contribution in [2.24, 2.45) is 5.92 Å². The monoisotopic (exact) mass is 354 g/mol. The van der Waals surface area contributed by atoms with Crippen LogP contribution in [0.3, 0.4) is 0 Å². The number of ether oxygens (including phenoxy) is 1. The molecular formula is C21H26N2O3. The van der Waals surface area contributed by atoms with Gasteiger partial charge in [-0.15, -0.1) is 0 Å². The minimum Gasteiger partial charge on any atom is -0.364 e. The second kappa shape index (κ2) is 9.73. The molecule has 0 saturated heterocycles. The highest BCUT2D eigenvalue weighted by Gasteiger charge is 2.13. The van der Waals surface area contributed by atoms with Crippen molar-refractivity contribution in [2.45, 2.75) is 40.0 Å². The maximum atomic E-state index is 12.1. The first-order chi connectivity index (χ1) is 12.5. The molecule has 26 heavy (non-hydrogen) atoms. The molecule has 0 radical (unpaired) electrons. The van der Waals surface area contributed by atoms with Gasteiger partial charge in [0.15, 0.2) is 0 Å². The number of amides is 2. The Morgan fingerprint density at radius 1 is 0.885 bits per heavy atom. The van der Waals surface area contributed by atoms with Crippen LogP contribution in [0.4, 0.5) is 5.69 Å². The van der Waals surface area contributed by atoms with Gasteiger partial charge in [-0.1, -0.05) is 56.3 Å². The molecule has 2 N–H and O–H groups in total. The molecule has 2 rings (SSSR count). The van der Waals surface area contributed by atoms with Crippen molar-refractivity contribution < 1.29 is 14.3 Å². The summed E-state index contributed by atoms with van der Waals surface area (Å²) in [4.78, 5) is 23.8. The van der Waals surface area contributed by atoms with Crippen LogP contribution in [0, 0.1) is 5.92 Å². The van der Waals surface area contributed by atoms with E-state index in [1.165, 1.54) is 0 Å². The van der Waals surface area contributed by atoms with Crippen LogP contribution in [-0.4, -0.2) is 17.9 Å². The fourth-order valence-corrected chi connectivity index (χ4v) is 2.20. The van der Waals surface area contributed by atoms with Crippen LogP contribution >= 0.6 is 0 Å². The Kier molecular flexibility index (Phi) is 7.36. The van der Waals surface area contributed by atoms with Crippen molar-refractivity contribution in [3.8, 4) is 0 Å². The third kappa shape index (κ3) is 6.33. The number of benzene rings is 2. The lowest BCUT2D eigenvalue weighted by Gasteiger charge is -2.14. The predicted molar refractivity (Wildman–Crippen MR) is 102 cm³/mol. The largest absolute Gasteiger partial charge is 0.364 e. The second-order valence-corrected chi connectivity index (χ2v) is 6.50. The summed E-state index contributed by atoms with van der Waals surface area (Å²) in [6.45, 7) is 6.25. The molecule has 0 aliphatic rings. The zero-order valence-corrected chi connectivity index (χ0v) is 15.5. The van der Waals surface area contributed by atoms with E-state index in [1.54, 1.807) is 6.92 Å². The Morgan fingerprint density at radius 3 is 2.15 bits per heavy atom. The van der Waals surface area contributed by atoms with Crippen LogP contribution < -0.4 is 10.6 Å². The Bertz CT molecular complexity index is 712. The van der Waals surface area contributed by atoms with Crippen LogP contribution in [0.15, 0.2) is 54.6 Å². The minimum atomic E-state index is -0.528. The minimum absolute atomic E-state index is 0.0181. The molecule has 5 heteroatoms. The van der Waals surface area contributed by atoms with Crippen molar-refractivity contribution in [1.82, 2.24) is 5.32 Å². The summed E-state index contributed by atoms with van der Waals surface area (Å²) in [7, 11) is 0. The van der Waals surface area contributed by atoms with Gasteiger partial charge in [-0.05, 0) is 30.2 Å². The fourth-order valence-electron chi connectivity index (χ4n) is 2.20. The van der Waals surface area contributed by atoms with Gasteiger partial charge in [-0.2, -0.15) is 0 Å². The van der Waals surface area contributed by atoms with Gasteiger partial charge in [-0.3, -0.25) is 9.59 Å². The van der Waals surface area contributed by atoms with Gasteiger partial charge in [-0.25, -0.2) is 0 Å². The highest BCUT2D eigenvalue weighted by atomic mass is 16.5. The normalized spacial score (nSPS) is 11.8. The lowest BCUT2D eigenvalue weighted by Crippen LogP contribution is -2.34. The van der Waals surface area contributed by atoms with E-state index in [1.807, 2.05) is 68.4 Å². The van der Waals surface area contributed by atoms with E-state index < -0.39 is 6.10 Å². The van der Waals surface area contributed by atoms with Gasteiger partial charge in [0.05, 0.1) is 6.61 Å². The fraction of sp³-hybridized carbons (Fsp3) is 0.333. The Morgan fingerprint density at radius 2 is 1.54 bits per heavy atom. The highest BCUT2D eigenvalue weighted by molar-refractivity contribution is 5.92. The van der Waals surface area contributed by atoms with E-state index in [-0.39, 0.29) is 17.7 Å². The van der Waals surface area contributed by atoms with Gasteiger partial charge in [0.25, 0.3) is 0 Å². The van der Waals surface area contributed by atoms with Crippen LogP contribution in [-0.2, 0) is 27.5 Å². The van der Waals surface area contributed by atoms with Crippen molar-refractivity contribution in [2.75, 3.05) is 5.32 Å². The van der Waals surface area contributed by atoms with Crippen LogP contribution in [0.25, 0.3) is 0 Å². The summed E-state index contributed by atoms with van der Waals surface area (Å²) in [5.74, 6) is -0.236. The smallest absolute Gasteiger partial charge is 0.249 e. The average molecular weight is 354 g/mol. The standard InChI is InChI=1S/C21H26N2O3/c1-15(2)20(24)23-19-11-9-17(10-12-19)13-22-21(25)16(3)26-14-18-7-5-4-6-8-18/h4-12,15-16H,13-14H2,1-3H3,(H,22,25)(H,23,24)/t16-/m1/s1. The topological polar surface area (TPSA) is 67.4 Å². The Balaban J connectivity index is 1.76. The first-order valence-electron chi connectivity index (χ1n) is 8.78. The highest BCUT2D eigenvalue weighted by Crippen LogP contribution is 2.11. The molecule has 0 aromatic heterocycles. The molecule has 0 heterocycles. The molecule has 0 aliphatic heterocycles. The van der Waals surface area contributed by atoms with E-state index in [4.69, 9.17) is 4.74 Å². The molecule has 2 amide bonds. The summed E-state index contributed by atoms with van der Waals surface area (Å²) in [6.07, 6.45) is -0.528. The molecule has 0 saturated carbocycles. The quantitative estimate of drug-likeness (QED) is 0.762. The molecule has 0 bridgehead atoms. The molecule has 5 nitrogen and oxygen atoms in total. The van der Waals surface area contributed by atoms with Crippen LogP contribution in [0.2, 0.25) is 0 Å². The molecule has 1 atom stereocenters. The van der Waals surface area contributed by atoms with Crippen molar-refractivity contribution >= 4 is 17.5 Å². The van der Waals surface area contributed by atoms with Gasteiger partial charge in [0.2, 0.25) is 11.8 Å². The van der Waals surface area contributed by atoms with E-state index >= 15 is 0 Å². The molecule has 2 aromatic carbocycles. The maximum absolute atomic E-state index is 12.1. The molecule has 2 aromatic rings. The van der Waals surface area contributed by atoms with Gasteiger partial charge in [0.1, 0.15) is 6.10 Å². The second-order valence-electron chi connectivity index (χ2n) is 6.50. The molecule has 0 fully saturated rings. The molecular weight excluding hydrogens is 328 g/mol. The lowest BCUT2D eigenvalue weighted by molar-refractivity contribution is -0.132. The third-order valence-corrected chi connectivity index (χ3v) is 3.92. The van der Waals surface area contributed by atoms with Gasteiger partial charge >= 0.3 is 0 Å². The van der Waals surface area contributed by atoms with Crippen LogP contribution in [0.5, 0.6) is 0 Å². The van der Waals surface area contributed by atoms with Crippen molar-refractivity contribution in [3.63, 3.8) is 0 Å². The van der Waals surface area contributed by atoms with E-state index in [0.29, 0.717) is 13.2 Å². The zero-order chi connectivity index (χ0) is 18.9. The maximum Gasteiger partial charge on any atom is 0.249 e. The summed E-state index contributed by atoms with van der Waals surface area (Å²) in [5.41, 5.74) is 2.74. The number of rotatable bonds is 8. The number of carbonyl (C=O) groups excluding carboxylic acids is 2. The van der Waals surface area contributed by atoms with Crippen molar-refractivity contribution in [3.05, 3.63) is 65.7 Å². The van der Waals surface area contributed by atoms with Crippen molar-refractivity contribution in [1.29, 1.82) is 0 Å². The first kappa shape index (κ1) is 19.7. The molecule has 138 valence electrons. The van der Waals surface area contributed by atoms with Gasteiger partial charge in [0, 0.05) is 18.2 Å². The Hall–Kier alpha value is -2.66. The average Bonchev–Trinajstić information content (AvgIpc) is 2.66. The van der Waals surface area contributed by atoms with E-state index in [9.17, 15) is 9.59 Å². The SMILES string of the molecule is CC(C)C(=O)Nc1ccc(CNC(=O)[C@@H](C)OCc2ccccc2)cc1. The Labute approximate surface area is 154 Å². The third-order valence-electron chi connectivity index (χ3n) is 3.92. The lowest BCUT2D eigenvalue weighted by atomic mass is 10.1. The van der Waals surface area contributed by atoms with E-state index in [0.717, 1.165) is 16.8 Å². The zero-order valence-electron chi connectivity index (χ0n) is 15.5. The molecule has 0 aliphatic carbocycles. The molecule has 0 unspecified atom stereocenters. The predicted octanol–water partition coefficient (Wildman–Crippen LogP) is 3.50. The number of nitrogens with one attached hydrogen (secondary N) is 2. The number of anilines is 1. The molecule has 0 spiro atoms. The van der Waals surface area contributed by atoms with Gasteiger partial charge < -0.3 is 15.4 Å². The van der Waals surface area contributed by atoms with Crippen LogP contribution in [0.1, 0.15) is 31.9 Å². The summed E-state index contributed by atoms with van der Waals surface area (Å²) in [5, 5.41) is 5.70.